The Balaban J connectivity index is 1.88. The number of benzene rings is 1. The number of carbonyl (C=O) groups excluding carboxylic acids is 1. The average Bonchev–Trinajstić information content (AvgIpc) is 2.78. The van der Waals surface area contributed by atoms with Crippen LogP contribution in [-0.2, 0) is 16.1 Å². The molecule has 0 bridgehead atoms. The molecule has 1 aromatic rings. The summed E-state index contributed by atoms with van der Waals surface area (Å²) in [6.45, 7) is 7.18. The van der Waals surface area contributed by atoms with Gasteiger partial charge >= 0.3 is 5.97 Å². The molecule has 1 aliphatic rings. The molecule has 0 amide bonds. The molecule has 1 atom stereocenters. The molecule has 0 aromatic heterocycles. The van der Waals surface area contributed by atoms with E-state index in [-0.39, 0.29) is 11.9 Å². The molecule has 3 heteroatoms. The highest BCUT2D eigenvalue weighted by Crippen LogP contribution is 2.20. The second kappa shape index (κ2) is 6.01. The van der Waals surface area contributed by atoms with E-state index in [2.05, 4.69) is 36.1 Å². The minimum absolute atomic E-state index is 0.0377. The Bertz CT molecular complexity index is 417. The first-order valence-electron chi connectivity index (χ1n) is 6.63. The molecule has 1 aromatic carbocycles. The van der Waals surface area contributed by atoms with Crippen molar-refractivity contribution < 1.29 is 9.53 Å². The quantitative estimate of drug-likeness (QED) is 0.765. The minimum Gasteiger partial charge on any atom is -0.466 e. The van der Waals surface area contributed by atoms with E-state index in [0.717, 1.165) is 26.1 Å². The fourth-order valence-electron chi connectivity index (χ4n) is 2.50. The van der Waals surface area contributed by atoms with Crippen molar-refractivity contribution in [1.29, 1.82) is 0 Å². The molecule has 1 heterocycles. The molecule has 2 rings (SSSR count). The summed E-state index contributed by atoms with van der Waals surface area (Å²) in [6, 6.07) is 8.54. The summed E-state index contributed by atoms with van der Waals surface area (Å²) in [7, 11) is 0. The van der Waals surface area contributed by atoms with Crippen LogP contribution >= 0.6 is 0 Å². The number of aryl methyl sites for hydroxylation is 1. The summed E-state index contributed by atoms with van der Waals surface area (Å²) in [5.41, 5.74) is 2.60. The zero-order valence-corrected chi connectivity index (χ0v) is 11.2. The van der Waals surface area contributed by atoms with Gasteiger partial charge in [-0.2, -0.15) is 0 Å². The lowest BCUT2D eigenvalue weighted by Gasteiger charge is -2.16. The van der Waals surface area contributed by atoms with Gasteiger partial charge in [0.05, 0.1) is 12.5 Å². The monoisotopic (exact) mass is 247 g/mol. The minimum atomic E-state index is -0.0377. The molecule has 1 unspecified atom stereocenters. The van der Waals surface area contributed by atoms with Gasteiger partial charge in [0.1, 0.15) is 0 Å². The van der Waals surface area contributed by atoms with Crippen molar-refractivity contribution in [2.24, 2.45) is 5.92 Å². The molecule has 98 valence electrons. The first-order valence-corrected chi connectivity index (χ1v) is 6.63. The van der Waals surface area contributed by atoms with Gasteiger partial charge in [0, 0.05) is 13.1 Å². The van der Waals surface area contributed by atoms with Crippen LogP contribution < -0.4 is 0 Å². The van der Waals surface area contributed by atoms with Crippen LogP contribution in [0.4, 0.5) is 0 Å². The van der Waals surface area contributed by atoms with E-state index in [4.69, 9.17) is 4.74 Å². The van der Waals surface area contributed by atoms with Crippen LogP contribution in [-0.4, -0.2) is 30.6 Å². The highest BCUT2D eigenvalue weighted by Gasteiger charge is 2.29. The Kier molecular flexibility index (Phi) is 4.37. The number of rotatable bonds is 4. The maximum atomic E-state index is 11.6. The number of carbonyl (C=O) groups is 1. The van der Waals surface area contributed by atoms with Gasteiger partial charge < -0.3 is 4.74 Å². The normalized spacial score (nSPS) is 20.0. The Hall–Kier alpha value is -1.35. The first-order chi connectivity index (χ1) is 8.69. The maximum Gasteiger partial charge on any atom is 0.310 e. The van der Waals surface area contributed by atoms with Crippen LogP contribution in [0.5, 0.6) is 0 Å². The summed E-state index contributed by atoms with van der Waals surface area (Å²) in [5.74, 6) is 0.0269. The van der Waals surface area contributed by atoms with Gasteiger partial charge in [-0.05, 0) is 32.4 Å². The standard InChI is InChI=1S/C15H21NO2/c1-3-18-15(17)14-7-8-16(11-14)10-13-6-4-5-12(2)9-13/h4-6,9,14H,3,7-8,10-11H2,1-2H3. The van der Waals surface area contributed by atoms with Crippen LogP contribution in [0.15, 0.2) is 24.3 Å². The largest absolute Gasteiger partial charge is 0.466 e. The van der Waals surface area contributed by atoms with Gasteiger partial charge in [-0.1, -0.05) is 29.8 Å². The van der Waals surface area contributed by atoms with Crippen molar-refractivity contribution in [1.82, 2.24) is 4.90 Å². The molecule has 18 heavy (non-hydrogen) atoms. The highest BCUT2D eigenvalue weighted by atomic mass is 16.5. The lowest BCUT2D eigenvalue weighted by Crippen LogP contribution is -2.24. The number of ether oxygens (including phenoxy) is 1. The van der Waals surface area contributed by atoms with Crippen molar-refractivity contribution in [2.75, 3.05) is 19.7 Å². The van der Waals surface area contributed by atoms with E-state index in [1.165, 1.54) is 11.1 Å². The number of nitrogens with zero attached hydrogens (tertiary/aromatic N) is 1. The topological polar surface area (TPSA) is 29.5 Å². The number of likely N-dealkylation sites (tertiary alicyclic amines) is 1. The summed E-state index contributed by atoms with van der Waals surface area (Å²) in [5, 5.41) is 0. The molecular formula is C15H21NO2. The summed E-state index contributed by atoms with van der Waals surface area (Å²) in [4.78, 5) is 14.0. The zero-order chi connectivity index (χ0) is 13.0. The van der Waals surface area contributed by atoms with E-state index in [1.54, 1.807) is 0 Å². The zero-order valence-electron chi connectivity index (χ0n) is 11.2. The first kappa shape index (κ1) is 13.1. The molecule has 0 spiro atoms. The smallest absolute Gasteiger partial charge is 0.310 e. The van der Waals surface area contributed by atoms with Crippen LogP contribution in [0.3, 0.4) is 0 Å². The third-order valence-electron chi connectivity index (χ3n) is 3.38. The van der Waals surface area contributed by atoms with Crippen molar-refractivity contribution >= 4 is 5.97 Å². The Labute approximate surface area is 109 Å². The van der Waals surface area contributed by atoms with Crippen LogP contribution in [0, 0.1) is 12.8 Å². The lowest BCUT2D eigenvalue weighted by atomic mass is 10.1. The average molecular weight is 247 g/mol. The summed E-state index contributed by atoms with van der Waals surface area (Å²) < 4.78 is 5.08. The fraction of sp³-hybridized carbons (Fsp3) is 0.533. The van der Waals surface area contributed by atoms with Gasteiger partial charge in [0.2, 0.25) is 0 Å². The molecule has 0 aliphatic carbocycles. The molecule has 0 radical (unpaired) electrons. The molecule has 1 saturated heterocycles. The Morgan fingerprint density at radius 2 is 2.33 bits per heavy atom. The highest BCUT2D eigenvalue weighted by molar-refractivity contribution is 5.73. The van der Waals surface area contributed by atoms with Crippen molar-refractivity contribution in [3.63, 3.8) is 0 Å². The van der Waals surface area contributed by atoms with Gasteiger partial charge in [-0.15, -0.1) is 0 Å². The summed E-state index contributed by atoms with van der Waals surface area (Å²) in [6.07, 6.45) is 0.921. The van der Waals surface area contributed by atoms with E-state index < -0.39 is 0 Å². The number of hydrogen-bond donors (Lipinski definition) is 0. The van der Waals surface area contributed by atoms with Crippen LogP contribution in [0.1, 0.15) is 24.5 Å². The molecule has 3 nitrogen and oxygen atoms in total. The predicted octanol–water partition coefficient (Wildman–Crippen LogP) is 2.38. The molecule has 0 saturated carbocycles. The third-order valence-corrected chi connectivity index (χ3v) is 3.38. The molecular weight excluding hydrogens is 226 g/mol. The van der Waals surface area contributed by atoms with E-state index in [0.29, 0.717) is 6.61 Å². The Morgan fingerprint density at radius 3 is 3.06 bits per heavy atom. The van der Waals surface area contributed by atoms with Crippen molar-refractivity contribution in [3.05, 3.63) is 35.4 Å². The summed E-state index contributed by atoms with van der Waals surface area (Å²) >= 11 is 0. The molecule has 1 fully saturated rings. The Morgan fingerprint density at radius 1 is 1.50 bits per heavy atom. The molecule has 0 N–H and O–H groups in total. The van der Waals surface area contributed by atoms with Crippen molar-refractivity contribution in [2.45, 2.75) is 26.8 Å². The lowest BCUT2D eigenvalue weighted by molar-refractivity contribution is -0.147. The van der Waals surface area contributed by atoms with Gasteiger partial charge in [-0.3, -0.25) is 9.69 Å². The number of esters is 1. The van der Waals surface area contributed by atoms with Crippen LogP contribution in [0.25, 0.3) is 0 Å². The van der Waals surface area contributed by atoms with Crippen LogP contribution in [0.2, 0.25) is 0 Å². The van der Waals surface area contributed by atoms with E-state index in [9.17, 15) is 4.79 Å². The second-order valence-corrected chi connectivity index (χ2v) is 4.96. The van der Waals surface area contributed by atoms with Gasteiger partial charge in [0.15, 0.2) is 0 Å². The van der Waals surface area contributed by atoms with E-state index >= 15 is 0 Å². The number of hydrogen-bond acceptors (Lipinski definition) is 3. The van der Waals surface area contributed by atoms with Gasteiger partial charge in [0.25, 0.3) is 0 Å². The third kappa shape index (κ3) is 3.33. The van der Waals surface area contributed by atoms with Crippen molar-refractivity contribution in [3.8, 4) is 0 Å². The molecule has 1 aliphatic heterocycles. The SMILES string of the molecule is CCOC(=O)C1CCN(Cc2cccc(C)c2)C1. The van der Waals surface area contributed by atoms with Gasteiger partial charge in [-0.25, -0.2) is 0 Å². The second-order valence-electron chi connectivity index (χ2n) is 4.96. The fourth-order valence-corrected chi connectivity index (χ4v) is 2.50. The maximum absolute atomic E-state index is 11.6. The van der Waals surface area contributed by atoms with E-state index in [1.807, 2.05) is 6.92 Å². The predicted molar refractivity (Wildman–Crippen MR) is 71.2 cm³/mol.